The van der Waals surface area contributed by atoms with Crippen molar-refractivity contribution in [1.29, 1.82) is 0 Å². The van der Waals surface area contributed by atoms with Crippen LogP contribution in [0.25, 0.3) is 0 Å². The number of nitrogens with zero attached hydrogens (tertiary/aromatic N) is 1. The highest BCUT2D eigenvalue weighted by Gasteiger charge is 2.36. The molecule has 6 heteroatoms. The van der Waals surface area contributed by atoms with E-state index in [4.69, 9.17) is 9.47 Å². The zero-order chi connectivity index (χ0) is 20.2. The number of benzene rings is 2. The summed E-state index contributed by atoms with van der Waals surface area (Å²) in [6.07, 6.45) is 1.20. The molecule has 1 saturated heterocycles. The third kappa shape index (κ3) is 4.95. The van der Waals surface area contributed by atoms with Gasteiger partial charge in [-0.1, -0.05) is 58.4 Å². The molecule has 1 amide bonds. The van der Waals surface area contributed by atoms with Gasteiger partial charge in [-0.25, -0.2) is 0 Å². The van der Waals surface area contributed by atoms with Crippen molar-refractivity contribution in [3.8, 4) is 0 Å². The minimum atomic E-state index is -0.397. The Morgan fingerprint density at radius 1 is 1.24 bits per heavy atom. The first-order valence-corrected chi connectivity index (χ1v) is 10.7. The van der Waals surface area contributed by atoms with Crippen LogP contribution in [-0.2, 0) is 14.3 Å². The molecular formula is C23H25BrN2O3. The first-order valence-electron chi connectivity index (χ1n) is 9.89. The number of morpholine rings is 1. The van der Waals surface area contributed by atoms with E-state index in [1.54, 1.807) is 6.08 Å². The monoisotopic (exact) mass is 456 g/mol. The van der Waals surface area contributed by atoms with Crippen LogP contribution in [0.4, 0.5) is 0 Å². The Kier molecular flexibility index (Phi) is 6.45. The van der Waals surface area contributed by atoms with Crippen LogP contribution in [0.3, 0.4) is 0 Å². The normalized spacial score (nSPS) is 23.5. The van der Waals surface area contributed by atoms with Gasteiger partial charge < -0.3 is 14.8 Å². The lowest BCUT2D eigenvalue weighted by Crippen LogP contribution is -2.47. The van der Waals surface area contributed by atoms with E-state index in [1.807, 2.05) is 37.3 Å². The summed E-state index contributed by atoms with van der Waals surface area (Å²) in [6, 6.07) is 18.4. The molecule has 4 rings (SSSR count). The summed E-state index contributed by atoms with van der Waals surface area (Å²) in [5, 5.41) is 2.86. The van der Waals surface area contributed by atoms with Gasteiger partial charge in [0.05, 0.1) is 18.8 Å². The molecule has 29 heavy (non-hydrogen) atoms. The van der Waals surface area contributed by atoms with Crippen LogP contribution in [0, 0.1) is 0 Å². The van der Waals surface area contributed by atoms with Gasteiger partial charge in [-0.05, 0) is 35.8 Å². The molecule has 5 nitrogen and oxygen atoms in total. The molecule has 0 radical (unpaired) electrons. The molecule has 2 aromatic carbocycles. The molecule has 1 fully saturated rings. The second kappa shape index (κ2) is 9.22. The van der Waals surface area contributed by atoms with E-state index in [0.717, 1.165) is 27.7 Å². The van der Waals surface area contributed by atoms with E-state index in [2.05, 4.69) is 50.4 Å². The molecule has 0 aromatic heterocycles. The van der Waals surface area contributed by atoms with Crippen LogP contribution in [-0.4, -0.2) is 43.3 Å². The van der Waals surface area contributed by atoms with Gasteiger partial charge in [0.15, 0.2) is 6.29 Å². The van der Waals surface area contributed by atoms with Crippen LogP contribution in [0.5, 0.6) is 0 Å². The zero-order valence-electron chi connectivity index (χ0n) is 16.4. The van der Waals surface area contributed by atoms with Gasteiger partial charge >= 0.3 is 0 Å². The lowest BCUT2D eigenvalue weighted by Gasteiger charge is -2.42. The predicted molar refractivity (Wildman–Crippen MR) is 115 cm³/mol. The predicted octanol–water partition coefficient (Wildman–Crippen LogP) is 3.98. The topological polar surface area (TPSA) is 50.8 Å². The average Bonchev–Trinajstić information content (AvgIpc) is 3.13. The third-order valence-corrected chi connectivity index (χ3v) is 5.83. The fourth-order valence-corrected chi connectivity index (χ4v) is 4.30. The Hall–Kier alpha value is -1.99. The summed E-state index contributed by atoms with van der Waals surface area (Å²) in [5.41, 5.74) is 3.34. The molecule has 1 N–H and O–H groups in total. The zero-order valence-corrected chi connectivity index (χ0v) is 18.0. The molecule has 0 bridgehead atoms. The molecule has 2 heterocycles. The quantitative estimate of drug-likeness (QED) is 0.713. The van der Waals surface area contributed by atoms with Crippen LogP contribution in [0.15, 0.2) is 70.7 Å². The van der Waals surface area contributed by atoms with Gasteiger partial charge in [0, 0.05) is 30.2 Å². The van der Waals surface area contributed by atoms with Crippen molar-refractivity contribution in [2.75, 3.05) is 26.2 Å². The molecule has 0 aliphatic carbocycles. The van der Waals surface area contributed by atoms with Gasteiger partial charge in [0.2, 0.25) is 5.91 Å². The third-order valence-electron chi connectivity index (χ3n) is 5.34. The number of carbonyl (C=O) groups is 1. The van der Waals surface area contributed by atoms with E-state index < -0.39 is 6.29 Å². The minimum absolute atomic E-state index is 0.0133. The average molecular weight is 457 g/mol. The Bertz CT molecular complexity index is 887. The molecule has 3 atom stereocenters. The van der Waals surface area contributed by atoms with Crippen LogP contribution >= 0.6 is 15.9 Å². The van der Waals surface area contributed by atoms with E-state index in [9.17, 15) is 4.79 Å². The lowest BCUT2D eigenvalue weighted by molar-refractivity contribution is -0.228. The number of nitrogens with one attached hydrogen (secondary N) is 1. The maximum Gasteiger partial charge on any atom is 0.244 e. The second-order valence-electron chi connectivity index (χ2n) is 7.42. The van der Waals surface area contributed by atoms with Gasteiger partial charge in [-0.3, -0.25) is 9.69 Å². The highest BCUT2D eigenvalue weighted by molar-refractivity contribution is 9.10. The maximum atomic E-state index is 11.6. The Morgan fingerprint density at radius 2 is 2.07 bits per heavy atom. The highest BCUT2D eigenvalue weighted by Crippen LogP contribution is 2.34. The first-order chi connectivity index (χ1) is 14.1. The molecule has 0 saturated carbocycles. The van der Waals surface area contributed by atoms with E-state index in [-0.39, 0.29) is 18.1 Å². The smallest absolute Gasteiger partial charge is 0.244 e. The van der Waals surface area contributed by atoms with Crippen molar-refractivity contribution in [3.05, 3.63) is 81.8 Å². The highest BCUT2D eigenvalue weighted by atomic mass is 79.9. The van der Waals surface area contributed by atoms with E-state index in [0.29, 0.717) is 19.7 Å². The Balaban J connectivity index is 1.57. The SMILES string of the molecule is C[C@@H](O[C@H]1OCCN(CC2=CC(=O)NC2)[C@H]1c1ccccc1)c1cccc(Br)c1. The fraction of sp³-hybridized carbons (Fsp3) is 0.348. The second-order valence-corrected chi connectivity index (χ2v) is 8.33. The fourth-order valence-electron chi connectivity index (χ4n) is 3.89. The first kappa shape index (κ1) is 20.3. The van der Waals surface area contributed by atoms with Crippen molar-refractivity contribution in [1.82, 2.24) is 10.2 Å². The summed E-state index contributed by atoms with van der Waals surface area (Å²) in [7, 11) is 0. The largest absolute Gasteiger partial charge is 0.349 e. The summed E-state index contributed by atoms with van der Waals surface area (Å²) in [6.45, 7) is 4.75. The molecule has 2 aliphatic rings. The number of amides is 1. The number of rotatable bonds is 6. The summed E-state index contributed by atoms with van der Waals surface area (Å²) in [4.78, 5) is 13.9. The van der Waals surface area contributed by atoms with Crippen molar-refractivity contribution >= 4 is 21.8 Å². The van der Waals surface area contributed by atoms with Gasteiger partial charge in [0.25, 0.3) is 0 Å². The minimum Gasteiger partial charge on any atom is -0.349 e. The summed E-state index contributed by atoms with van der Waals surface area (Å²) in [5.74, 6) is -0.0133. The van der Waals surface area contributed by atoms with E-state index >= 15 is 0 Å². The number of carbonyl (C=O) groups excluding carboxylic acids is 1. The molecule has 2 aromatic rings. The summed E-state index contributed by atoms with van der Waals surface area (Å²) < 4.78 is 13.6. The summed E-state index contributed by atoms with van der Waals surface area (Å²) >= 11 is 3.53. The van der Waals surface area contributed by atoms with Crippen LogP contribution in [0.2, 0.25) is 0 Å². The maximum absolute atomic E-state index is 11.6. The van der Waals surface area contributed by atoms with Crippen LogP contribution < -0.4 is 5.32 Å². The number of hydrogen-bond acceptors (Lipinski definition) is 4. The molecular weight excluding hydrogens is 432 g/mol. The number of ether oxygens (including phenoxy) is 2. The number of halogens is 1. The standard InChI is InChI=1S/C23H25BrN2O3/c1-16(19-8-5-9-20(24)13-19)29-23-22(18-6-3-2-4-7-18)26(10-11-28-23)15-17-12-21(27)25-14-17/h2-9,12-13,16,22-23H,10-11,14-15H2,1H3,(H,25,27)/t16-,22+,23-/m1/s1. The van der Waals surface area contributed by atoms with Gasteiger partial charge in [-0.2, -0.15) is 0 Å². The Labute approximate surface area is 179 Å². The molecule has 152 valence electrons. The molecule has 0 spiro atoms. The van der Waals surface area contributed by atoms with Crippen molar-refractivity contribution in [2.24, 2.45) is 0 Å². The molecule has 0 unspecified atom stereocenters. The van der Waals surface area contributed by atoms with Crippen LogP contribution in [0.1, 0.15) is 30.2 Å². The van der Waals surface area contributed by atoms with Crippen molar-refractivity contribution in [2.45, 2.75) is 25.4 Å². The molecule has 2 aliphatic heterocycles. The number of hydrogen-bond donors (Lipinski definition) is 1. The van der Waals surface area contributed by atoms with Gasteiger partial charge in [-0.15, -0.1) is 0 Å². The van der Waals surface area contributed by atoms with Gasteiger partial charge in [0.1, 0.15) is 0 Å². The Morgan fingerprint density at radius 3 is 2.79 bits per heavy atom. The lowest BCUT2D eigenvalue weighted by atomic mass is 10.0. The van der Waals surface area contributed by atoms with Crippen molar-refractivity contribution in [3.63, 3.8) is 0 Å². The van der Waals surface area contributed by atoms with Crippen molar-refractivity contribution < 1.29 is 14.3 Å². The van der Waals surface area contributed by atoms with E-state index in [1.165, 1.54) is 0 Å².